The first-order chi connectivity index (χ1) is 12.9. The molecule has 0 saturated heterocycles. The van der Waals surface area contributed by atoms with E-state index in [0.717, 1.165) is 6.07 Å². The molecule has 0 aliphatic carbocycles. The number of sulfonamides is 1. The number of pyridine rings is 1. The summed E-state index contributed by atoms with van der Waals surface area (Å²) in [5.41, 5.74) is 1.39. The summed E-state index contributed by atoms with van der Waals surface area (Å²) >= 11 is 6.24. The zero-order valence-corrected chi connectivity index (χ0v) is 15.4. The van der Waals surface area contributed by atoms with Crippen molar-refractivity contribution in [1.82, 2.24) is 4.98 Å². The highest BCUT2D eigenvalue weighted by Crippen LogP contribution is 2.30. The summed E-state index contributed by atoms with van der Waals surface area (Å²) in [5.74, 6) is -0.888. The Morgan fingerprint density at radius 3 is 2.52 bits per heavy atom. The van der Waals surface area contributed by atoms with E-state index in [1.54, 1.807) is 36.4 Å². The summed E-state index contributed by atoms with van der Waals surface area (Å²) in [6, 6.07) is 17.5. The van der Waals surface area contributed by atoms with Crippen molar-refractivity contribution >= 4 is 27.3 Å². The van der Waals surface area contributed by atoms with Crippen LogP contribution in [0.15, 0.2) is 60.7 Å². The highest BCUT2D eigenvalue weighted by Gasteiger charge is 2.14. The number of benzene rings is 2. The summed E-state index contributed by atoms with van der Waals surface area (Å²) in [6.45, 7) is 0. The lowest BCUT2D eigenvalue weighted by molar-refractivity contribution is 0.600. The Kier molecular flexibility index (Phi) is 5.40. The van der Waals surface area contributed by atoms with Crippen molar-refractivity contribution in [3.8, 4) is 17.3 Å². The van der Waals surface area contributed by atoms with Gasteiger partial charge in [-0.3, -0.25) is 4.72 Å². The molecule has 0 bridgehead atoms. The molecule has 1 aromatic heterocycles. The lowest BCUT2D eigenvalue weighted by Crippen LogP contribution is -2.15. The van der Waals surface area contributed by atoms with Crippen LogP contribution in [0.2, 0.25) is 5.02 Å². The lowest BCUT2D eigenvalue weighted by atomic mass is 10.1. The number of hydrogen-bond acceptors (Lipinski definition) is 4. The number of nitriles is 1. The minimum atomic E-state index is -3.62. The van der Waals surface area contributed by atoms with E-state index in [-0.39, 0.29) is 16.5 Å². The molecular weight excluding hydrogens is 389 g/mol. The second-order valence-electron chi connectivity index (χ2n) is 5.68. The van der Waals surface area contributed by atoms with Crippen molar-refractivity contribution in [3.05, 3.63) is 82.8 Å². The molecule has 8 heteroatoms. The molecule has 136 valence electrons. The number of halogens is 2. The third-order valence-electron chi connectivity index (χ3n) is 3.67. The minimum Gasteiger partial charge on any atom is -0.283 e. The predicted octanol–water partition coefficient (Wildman–Crippen LogP) is 4.35. The number of nitrogens with zero attached hydrogens (tertiary/aromatic N) is 2. The highest BCUT2D eigenvalue weighted by atomic mass is 35.5. The Morgan fingerprint density at radius 2 is 1.85 bits per heavy atom. The normalized spacial score (nSPS) is 11.0. The fraction of sp³-hybridized carbons (Fsp3) is 0.0526. The van der Waals surface area contributed by atoms with Crippen LogP contribution >= 0.6 is 11.6 Å². The van der Waals surface area contributed by atoms with Crippen LogP contribution in [-0.4, -0.2) is 13.4 Å². The number of aromatic nitrogens is 1. The summed E-state index contributed by atoms with van der Waals surface area (Å²) in [4.78, 5) is 3.92. The van der Waals surface area contributed by atoms with Gasteiger partial charge in [0.05, 0.1) is 22.2 Å². The van der Waals surface area contributed by atoms with E-state index in [2.05, 4.69) is 9.71 Å². The third-order valence-corrected chi connectivity index (χ3v) is 5.24. The Balaban J connectivity index is 1.84. The first-order valence-corrected chi connectivity index (χ1v) is 9.82. The Hall–Kier alpha value is -2.95. The Bertz CT molecular complexity index is 1130. The topological polar surface area (TPSA) is 82.8 Å². The minimum absolute atomic E-state index is 0.168. The zero-order chi connectivity index (χ0) is 19.4. The van der Waals surface area contributed by atoms with Crippen LogP contribution in [0.25, 0.3) is 11.3 Å². The number of rotatable bonds is 5. The number of nitrogens with one attached hydrogen (secondary N) is 1. The van der Waals surface area contributed by atoms with Crippen molar-refractivity contribution in [2.75, 3.05) is 4.72 Å². The van der Waals surface area contributed by atoms with E-state index in [1.807, 2.05) is 6.07 Å². The van der Waals surface area contributed by atoms with Crippen LogP contribution in [0.1, 0.15) is 11.3 Å². The molecule has 3 rings (SSSR count). The molecule has 0 saturated carbocycles. The molecule has 27 heavy (non-hydrogen) atoms. The predicted molar refractivity (Wildman–Crippen MR) is 102 cm³/mol. The molecule has 0 aliphatic heterocycles. The molecule has 0 radical (unpaired) electrons. The zero-order valence-electron chi connectivity index (χ0n) is 13.9. The van der Waals surface area contributed by atoms with E-state index < -0.39 is 15.8 Å². The van der Waals surface area contributed by atoms with Crippen molar-refractivity contribution < 1.29 is 12.8 Å². The molecule has 0 atom stereocenters. The average Bonchev–Trinajstić information content (AvgIpc) is 2.62. The first kappa shape index (κ1) is 18.8. The summed E-state index contributed by atoms with van der Waals surface area (Å²) in [5, 5.41) is 9.11. The molecule has 0 unspecified atom stereocenters. The van der Waals surface area contributed by atoms with Gasteiger partial charge in [0.2, 0.25) is 10.0 Å². The van der Waals surface area contributed by atoms with E-state index in [0.29, 0.717) is 22.5 Å². The molecule has 0 fully saturated rings. The molecule has 0 aliphatic rings. The summed E-state index contributed by atoms with van der Waals surface area (Å²) in [7, 11) is -3.62. The highest BCUT2D eigenvalue weighted by molar-refractivity contribution is 7.91. The van der Waals surface area contributed by atoms with Gasteiger partial charge >= 0.3 is 0 Å². The molecule has 1 N–H and O–H groups in total. The lowest BCUT2D eigenvalue weighted by Gasteiger charge is -2.10. The van der Waals surface area contributed by atoms with Crippen LogP contribution < -0.4 is 4.72 Å². The van der Waals surface area contributed by atoms with Crippen LogP contribution in [0.5, 0.6) is 0 Å². The fourth-order valence-electron chi connectivity index (χ4n) is 2.47. The van der Waals surface area contributed by atoms with Crippen molar-refractivity contribution in [2.24, 2.45) is 0 Å². The van der Waals surface area contributed by atoms with Crippen LogP contribution in [0.4, 0.5) is 10.1 Å². The van der Waals surface area contributed by atoms with Crippen molar-refractivity contribution in [3.63, 3.8) is 0 Å². The Labute approximate surface area is 161 Å². The van der Waals surface area contributed by atoms with Gasteiger partial charge < -0.3 is 0 Å². The van der Waals surface area contributed by atoms with Gasteiger partial charge in [0.1, 0.15) is 6.07 Å². The average molecular weight is 402 g/mol. The van der Waals surface area contributed by atoms with Crippen LogP contribution in [-0.2, 0) is 15.8 Å². The van der Waals surface area contributed by atoms with Crippen LogP contribution in [0.3, 0.4) is 0 Å². The second-order valence-corrected chi connectivity index (χ2v) is 7.81. The quantitative estimate of drug-likeness (QED) is 0.688. The third kappa shape index (κ3) is 4.61. The molecule has 0 spiro atoms. The smallest absolute Gasteiger partial charge is 0.236 e. The molecule has 1 heterocycles. The second kappa shape index (κ2) is 7.74. The van der Waals surface area contributed by atoms with Crippen molar-refractivity contribution in [1.29, 1.82) is 5.26 Å². The number of anilines is 1. The Morgan fingerprint density at radius 1 is 1.11 bits per heavy atom. The molecule has 3 aromatic rings. The van der Waals surface area contributed by atoms with E-state index in [1.165, 1.54) is 18.2 Å². The summed E-state index contributed by atoms with van der Waals surface area (Å²) in [6.07, 6.45) is 0. The monoisotopic (exact) mass is 401 g/mol. The van der Waals surface area contributed by atoms with Gasteiger partial charge in [-0.15, -0.1) is 0 Å². The maximum Gasteiger partial charge on any atom is 0.236 e. The SMILES string of the molecule is N#Cc1nc(-c2ccc(NS(=O)(=O)Cc3ccccc3)cc2Cl)ccc1F. The van der Waals surface area contributed by atoms with Gasteiger partial charge in [0.25, 0.3) is 0 Å². The van der Waals surface area contributed by atoms with Gasteiger partial charge in [0.15, 0.2) is 11.5 Å². The van der Waals surface area contributed by atoms with Gasteiger partial charge in [-0.2, -0.15) is 5.26 Å². The maximum atomic E-state index is 13.4. The molecule has 0 amide bonds. The van der Waals surface area contributed by atoms with Gasteiger partial charge in [-0.1, -0.05) is 41.9 Å². The van der Waals surface area contributed by atoms with E-state index in [4.69, 9.17) is 16.9 Å². The van der Waals surface area contributed by atoms with Crippen LogP contribution in [0, 0.1) is 17.1 Å². The molecular formula is C19H13ClFN3O2S. The number of hydrogen-bond donors (Lipinski definition) is 1. The molecule has 5 nitrogen and oxygen atoms in total. The van der Waals surface area contributed by atoms with E-state index >= 15 is 0 Å². The van der Waals surface area contributed by atoms with Gasteiger partial charge in [-0.25, -0.2) is 17.8 Å². The van der Waals surface area contributed by atoms with E-state index in [9.17, 15) is 12.8 Å². The molecule has 2 aromatic carbocycles. The van der Waals surface area contributed by atoms with Gasteiger partial charge in [0, 0.05) is 5.56 Å². The fourth-order valence-corrected chi connectivity index (χ4v) is 3.93. The summed E-state index contributed by atoms with van der Waals surface area (Å²) < 4.78 is 40.5. The maximum absolute atomic E-state index is 13.4. The largest absolute Gasteiger partial charge is 0.283 e. The standard InChI is InChI=1S/C19H13ClFN3O2S/c20-16-10-14(24-27(25,26)12-13-4-2-1-3-5-13)6-7-15(16)18-9-8-17(21)19(11-22)23-18/h1-10,24H,12H2. The van der Waals surface area contributed by atoms with Gasteiger partial charge in [-0.05, 0) is 35.9 Å². The first-order valence-electron chi connectivity index (χ1n) is 7.79. The van der Waals surface area contributed by atoms with Crippen molar-refractivity contribution in [2.45, 2.75) is 5.75 Å².